The van der Waals surface area contributed by atoms with Crippen LogP contribution >= 0.6 is 10.0 Å². The van der Waals surface area contributed by atoms with Crippen molar-refractivity contribution in [3.8, 4) is 0 Å². The van der Waals surface area contributed by atoms with Crippen LogP contribution in [0.5, 0.6) is 0 Å². The highest BCUT2D eigenvalue weighted by molar-refractivity contribution is 8.47. The quantitative estimate of drug-likeness (QED) is 0.588. The van der Waals surface area contributed by atoms with Crippen molar-refractivity contribution in [3.63, 3.8) is 0 Å². The van der Waals surface area contributed by atoms with E-state index in [2.05, 4.69) is 15.4 Å². The Bertz CT molecular complexity index is 605. The second-order valence-corrected chi connectivity index (χ2v) is 8.19. The molecule has 0 saturated carbocycles. The molecule has 1 spiro atoms. The molecule has 0 aromatic carbocycles. The van der Waals surface area contributed by atoms with Crippen LogP contribution in [-0.2, 0) is 9.47 Å². The number of hydrazone groups is 1. The van der Waals surface area contributed by atoms with E-state index in [0.29, 0.717) is 13.2 Å². The number of aliphatic imine (C=N–C) groups is 1. The Morgan fingerprint density at radius 3 is 2.75 bits per heavy atom. The van der Waals surface area contributed by atoms with Crippen LogP contribution in [0, 0.1) is 10.1 Å². The van der Waals surface area contributed by atoms with Crippen LogP contribution in [0.1, 0.15) is 0 Å². The van der Waals surface area contributed by atoms with Gasteiger partial charge in [-0.3, -0.25) is 4.99 Å². The van der Waals surface area contributed by atoms with Crippen LogP contribution in [0.25, 0.3) is 0 Å². The van der Waals surface area contributed by atoms with Gasteiger partial charge in [0.2, 0.25) is 5.79 Å². The van der Waals surface area contributed by atoms with Crippen LogP contribution in [0.4, 0.5) is 13.2 Å². The summed E-state index contributed by atoms with van der Waals surface area (Å²) >= 11 is 0. The van der Waals surface area contributed by atoms with Gasteiger partial charge in [0, 0.05) is 6.20 Å². The summed E-state index contributed by atoms with van der Waals surface area (Å²) in [6.45, 7) is 0.569. The molecule has 3 aliphatic heterocycles. The average molecular weight is 369 g/mol. The molecule has 24 heavy (non-hydrogen) atoms. The van der Waals surface area contributed by atoms with Gasteiger partial charge in [-0.15, -0.1) is 0 Å². The highest BCUT2D eigenvalue weighted by Crippen LogP contribution is 2.63. The van der Waals surface area contributed by atoms with Gasteiger partial charge >= 0.3 is 5.51 Å². The smallest absolute Gasteiger partial charge is 0.345 e. The zero-order chi connectivity index (χ0) is 17.4. The maximum atomic E-state index is 13.5. The Balaban J connectivity index is 1.89. The van der Waals surface area contributed by atoms with Gasteiger partial charge in [0.25, 0.3) is 5.96 Å². The molecule has 0 aliphatic carbocycles. The third-order valence-corrected chi connectivity index (χ3v) is 6.38. The third-order valence-electron chi connectivity index (χ3n) is 3.68. The molecule has 2 fully saturated rings. The van der Waals surface area contributed by atoms with Gasteiger partial charge in [-0.05, 0) is 5.41 Å². The second-order valence-electron chi connectivity index (χ2n) is 5.28. The first kappa shape index (κ1) is 17.0. The van der Waals surface area contributed by atoms with Crippen molar-refractivity contribution >= 4 is 21.5 Å². The normalized spacial score (nSPS) is 33.0. The maximum Gasteiger partial charge on any atom is 0.435 e. The molecule has 1 N–H and O–H groups in total. The SMILES string of the molecule is O=[N+]([O-])/N=C1\NCC2(CN1CS1(C(F)(F)F)C=CN=C1)OCCO2. The molecule has 0 bridgehead atoms. The molecule has 134 valence electrons. The summed E-state index contributed by atoms with van der Waals surface area (Å²) in [5, 5.41) is 16.5. The number of alkyl halides is 3. The number of halogens is 3. The Labute approximate surface area is 135 Å². The fraction of sp³-hybridized carbons (Fsp3) is 0.636. The molecule has 2 saturated heterocycles. The van der Waals surface area contributed by atoms with Crippen molar-refractivity contribution in [1.29, 1.82) is 0 Å². The summed E-state index contributed by atoms with van der Waals surface area (Å²) in [7, 11) is -3.39. The lowest BCUT2D eigenvalue weighted by atomic mass is 10.2. The van der Waals surface area contributed by atoms with Crippen molar-refractivity contribution in [3.05, 3.63) is 21.7 Å². The Morgan fingerprint density at radius 2 is 2.21 bits per heavy atom. The van der Waals surface area contributed by atoms with E-state index < -0.39 is 32.2 Å². The van der Waals surface area contributed by atoms with Crippen molar-refractivity contribution in [2.24, 2.45) is 10.1 Å². The highest BCUT2D eigenvalue weighted by atomic mass is 32.3. The first-order valence-electron chi connectivity index (χ1n) is 6.82. The molecule has 0 radical (unpaired) electrons. The van der Waals surface area contributed by atoms with E-state index in [-0.39, 0.29) is 19.0 Å². The monoisotopic (exact) mass is 369 g/mol. The largest absolute Gasteiger partial charge is 0.435 e. The molecule has 3 heterocycles. The Hall–Kier alpha value is -1.86. The number of ether oxygens (including phenoxy) is 2. The zero-order valence-corrected chi connectivity index (χ0v) is 13.0. The molecule has 3 rings (SSSR count). The van der Waals surface area contributed by atoms with Crippen LogP contribution in [0.3, 0.4) is 0 Å². The molecular formula is C11H14F3N5O4S. The molecule has 0 amide bonds. The number of guanidine groups is 1. The highest BCUT2D eigenvalue weighted by Gasteiger charge is 2.52. The van der Waals surface area contributed by atoms with E-state index in [0.717, 1.165) is 22.1 Å². The number of rotatable bonds is 3. The number of nitrogens with one attached hydrogen (secondary N) is 1. The molecule has 0 aromatic rings. The van der Waals surface area contributed by atoms with Crippen LogP contribution in [-0.4, -0.2) is 64.9 Å². The first-order valence-corrected chi connectivity index (χ1v) is 8.75. The minimum Gasteiger partial charge on any atom is -0.345 e. The minimum atomic E-state index is -4.54. The zero-order valence-electron chi connectivity index (χ0n) is 12.2. The summed E-state index contributed by atoms with van der Waals surface area (Å²) in [5.41, 5.74) is -3.68. The number of hydrogen-bond acceptors (Lipinski definition) is 5. The molecule has 1 atom stereocenters. The van der Waals surface area contributed by atoms with Crippen molar-refractivity contribution < 1.29 is 27.7 Å². The predicted molar refractivity (Wildman–Crippen MR) is 79.9 cm³/mol. The minimum absolute atomic E-state index is 0.0639. The van der Waals surface area contributed by atoms with E-state index in [9.17, 15) is 23.3 Å². The van der Waals surface area contributed by atoms with E-state index in [1.54, 1.807) is 0 Å². The van der Waals surface area contributed by atoms with Crippen molar-refractivity contribution in [2.75, 3.05) is 32.2 Å². The van der Waals surface area contributed by atoms with E-state index >= 15 is 0 Å². The standard InChI is InChI=1S/C11H14F3N5O4S/c12-11(13,14)24(4-1-15-7-24)8-18-6-10(22-2-3-23-10)5-16-9(18)17-19(20)21/h1,4,7H,2-3,5-6,8H2,(H,16,17). The van der Waals surface area contributed by atoms with E-state index in [1.807, 2.05) is 0 Å². The van der Waals surface area contributed by atoms with Gasteiger partial charge in [0.15, 0.2) is 5.03 Å². The summed E-state index contributed by atoms with van der Waals surface area (Å²) < 4.78 is 51.6. The Morgan fingerprint density at radius 1 is 1.50 bits per heavy atom. The predicted octanol–water partition coefficient (Wildman–Crippen LogP) is 0.977. The Kier molecular flexibility index (Phi) is 4.17. The van der Waals surface area contributed by atoms with Crippen LogP contribution in [0.2, 0.25) is 0 Å². The molecule has 0 aromatic heterocycles. The van der Waals surface area contributed by atoms with Crippen molar-refractivity contribution in [1.82, 2.24) is 10.2 Å². The number of nitrogens with zero attached hydrogens (tertiary/aromatic N) is 4. The molecular weight excluding hydrogens is 355 g/mol. The average Bonchev–Trinajstić information content (AvgIpc) is 3.12. The third kappa shape index (κ3) is 3.06. The van der Waals surface area contributed by atoms with Gasteiger partial charge < -0.3 is 19.7 Å². The second kappa shape index (κ2) is 5.89. The summed E-state index contributed by atoms with van der Waals surface area (Å²) in [5.74, 6) is -1.94. The van der Waals surface area contributed by atoms with Crippen LogP contribution in [0.15, 0.2) is 21.7 Å². The summed E-state index contributed by atoms with van der Waals surface area (Å²) in [4.78, 5) is 15.4. The molecule has 9 nitrogen and oxygen atoms in total. The number of nitro groups is 1. The lowest BCUT2D eigenvalue weighted by molar-refractivity contribution is -0.486. The van der Waals surface area contributed by atoms with Crippen molar-refractivity contribution in [2.45, 2.75) is 11.3 Å². The topological polar surface area (TPSA) is 102 Å². The molecule has 13 heteroatoms. The van der Waals surface area contributed by atoms with Crippen LogP contribution < -0.4 is 5.32 Å². The van der Waals surface area contributed by atoms with Gasteiger partial charge in [0.05, 0.1) is 37.7 Å². The maximum absolute atomic E-state index is 13.5. The molecule has 3 aliphatic rings. The van der Waals surface area contributed by atoms with Gasteiger partial charge in [0.1, 0.15) is 5.10 Å². The lowest BCUT2D eigenvalue weighted by Gasteiger charge is -2.44. The number of hydrogen-bond donors (Lipinski definition) is 1. The fourth-order valence-corrected chi connectivity index (χ4v) is 4.53. The fourth-order valence-electron chi connectivity index (χ4n) is 2.59. The summed E-state index contributed by atoms with van der Waals surface area (Å²) in [6, 6.07) is 0. The van der Waals surface area contributed by atoms with E-state index in [1.165, 1.54) is 0 Å². The first-order chi connectivity index (χ1) is 11.3. The lowest BCUT2D eigenvalue weighted by Crippen LogP contribution is -2.62. The van der Waals surface area contributed by atoms with Gasteiger partial charge in [-0.25, -0.2) is 10.1 Å². The molecule has 1 unspecified atom stereocenters. The van der Waals surface area contributed by atoms with Gasteiger partial charge in [-0.2, -0.15) is 13.2 Å². The van der Waals surface area contributed by atoms with E-state index in [4.69, 9.17) is 9.47 Å². The summed E-state index contributed by atoms with van der Waals surface area (Å²) in [6.07, 6.45) is 1.09. The van der Waals surface area contributed by atoms with Gasteiger partial charge in [-0.1, -0.05) is 10.0 Å².